The lowest BCUT2D eigenvalue weighted by Crippen LogP contribution is -2.31. The summed E-state index contributed by atoms with van der Waals surface area (Å²) >= 11 is 5.98. The number of halogens is 1. The topological polar surface area (TPSA) is 72.6 Å². The van der Waals surface area contributed by atoms with Gasteiger partial charge in [0.15, 0.2) is 0 Å². The van der Waals surface area contributed by atoms with Gasteiger partial charge in [0.05, 0.1) is 11.5 Å². The minimum absolute atomic E-state index is 0.199. The van der Waals surface area contributed by atoms with Crippen molar-refractivity contribution in [2.45, 2.75) is 25.3 Å². The van der Waals surface area contributed by atoms with E-state index in [1.54, 1.807) is 13.0 Å². The Morgan fingerprint density at radius 2 is 2.05 bits per heavy atom. The molecule has 0 radical (unpaired) electrons. The van der Waals surface area contributed by atoms with Crippen molar-refractivity contribution in [3.63, 3.8) is 0 Å². The molecule has 0 saturated carbocycles. The number of sulfonamides is 1. The zero-order valence-electron chi connectivity index (χ0n) is 12.0. The summed E-state index contributed by atoms with van der Waals surface area (Å²) < 4.78 is 31.5. The van der Waals surface area contributed by atoms with Crippen LogP contribution < -0.4 is 5.73 Å². The van der Waals surface area contributed by atoms with Crippen LogP contribution in [0.1, 0.15) is 18.1 Å². The van der Waals surface area contributed by atoms with Crippen LogP contribution in [0.3, 0.4) is 0 Å². The fourth-order valence-electron chi connectivity index (χ4n) is 1.81. The number of ether oxygens (including phenoxy) is 1. The SMILES string of the molecule is CCOCCN(C)S(=O)(=O)c1cc(Cl)cc(CN)c1C. The van der Waals surface area contributed by atoms with E-state index in [1.165, 1.54) is 17.4 Å². The van der Waals surface area contributed by atoms with Crippen LogP contribution in [0.15, 0.2) is 17.0 Å². The van der Waals surface area contributed by atoms with E-state index in [-0.39, 0.29) is 11.4 Å². The Morgan fingerprint density at radius 3 is 2.60 bits per heavy atom. The molecule has 114 valence electrons. The largest absolute Gasteiger partial charge is 0.380 e. The van der Waals surface area contributed by atoms with Crippen molar-refractivity contribution in [1.29, 1.82) is 0 Å². The highest BCUT2D eigenvalue weighted by molar-refractivity contribution is 7.89. The maximum absolute atomic E-state index is 12.5. The summed E-state index contributed by atoms with van der Waals surface area (Å²) in [4.78, 5) is 0.199. The molecule has 0 aromatic heterocycles. The highest BCUT2D eigenvalue weighted by Crippen LogP contribution is 2.26. The monoisotopic (exact) mass is 320 g/mol. The Balaban J connectivity index is 3.12. The first kappa shape index (κ1) is 17.4. The van der Waals surface area contributed by atoms with Gasteiger partial charge in [0.25, 0.3) is 0 Å². The van der Waals surface area contributed by atoms with E-state index in [1.807, 2.05) is 6.92 Å². The molecule has 0 saturated heterocycles. The van der Waals surface area contributed by atoms with Crippen molar-refractivity contribution in [3.05, 3.63) is 28.3 Å². The van der Waals surface area contributed by atoms with E-state index in [0.29, 0.717) is 30.3 Å². The summed E-state index contributed by atoms with van der Waals surface area (Å²) in [7, 11) is -2.07. The number of benzene rings is 1. The molecule has 0 heterocycles. The maximum Gasteiger partial charge on any atom is 0.243 e. The zero-order chi connectivity index (χ0) is 15.3. The van der Waals surface area contributed by atoms with E-state index < -0.39 is 10.0 Å². The molecule has 7 heteroatoms. The number of rotatable bonds is 7. The molecule has 0 aliphatic carbocycles. The number of hydrogen-bond donors (Lipinski definition) is 1. The summed E-state index contributed by atoms with van der Waals surface area (Å²) in [6.45, 7) is 5.06. The van der Waals surface area contributed by atoms with Crippen LogP contribution in [0.5, 0.6) is 0 Å². The first-order valence-corrected chi connectivity index (χ1v) is 8.19. The van der Waals surface area contributed by atoms with Crippen LogP contribution in [0.2, 0.25) is 5.02 Å². The predicted octanol–water partition coefficient (Wildman–Crippen LogP) is 1.76. The van der Waals surface area contributed by atoms with E-state index in [2.05, 4.69) is 0 Å². The highest BCUT2D eigenvalue weighted by atomic mass is 35.5. The van der Waals surface area contributed by atoms with E-state index >= 15 is 0 Å². The van der Waals surface area contributed by atoms with E-state index in [4.69, 9.17) is 22.1 Å². The molecule has 1 rings (SSSR count). The fraction of sp³-hybridized carbons (Fsp3) is 0.538. The quantitative estimate of drug-likeness (QED) is 0.777. The third-order valence-electron chi connectivity index (χ3n) is 3.10. The molecule has 20 heavy (non-hydrogen) atoms. The molecule has 0 amide bonds. The lowest BCUT2D eigenvalue weighted by atomic mass is 10.1. The third-order valence-corrected chi connectivity index (χ3v) is 5.30. The lowest BCUT2D eigenvalue weighted by molar-refractivity contribution is 0.138. The van der Waals surface area contributed by atoms with Crippen molar-refractivity contribution >= 4 is 21.6 Å². The average molecular weight is 321 g/mol. The molecule has 1 aromatic carbocycles. The van der Waals surface area contributed by atoms with Crippen LogP contribution in [0.4, 0.5) is 0 Å². The molecule has 0 spiro atoms. The van der Waals surface area contributed by atoms with Crippen LogP contribution in [-0.4, -0.2) is 39.5 Å². The van der Waals surface area contributed by atoms with Crippen molar-refractivity contribution in [2.24, 2.45) is 5.73 Å². The van der Waals surface area contributed by atoms with Crippen molar-refractivity contribution in [3.8, 4) is 0 Å². The van der Waals surface area contributed by atoms with Crippen molar-refractivity contribution in [2.75, 3.05) is 26.8 Å². The van der Waals surface area contributed by atoms with E-state index in [0.717, 1.165) is 5.56 Å². The molecule has 2 N–H and O–H groups in total. The second-order valence-corrected chi connectivity index (χ2v) is 6.87. The van der Waals surface area contributed by atoms with Gasteiger partial charge in [-0.05, 0) is 37.1 Å². The molecule has 0 bridgehead atoms. The fourth-order valence-corrected chi connectivity index (χ4v) is 3.56. The van der Waals surface area contributed by atoms with Gasteiger partial charge >= 0.3 is 0 Å². The Hall–Kier alpha value is -0.660. The second-order valence-electron chi connectivity index (χ2n) is 4.42. The first-order chi connectivity index (χ1) is 9.34. The van der Waals surface area contributed by atoms with Crippen LogP contribution in [-0.2, 0) is 21.3 Å². The lowest BCUT2D eigenvalue weighted by Gasteiger charge is -2.19. The van der Waals surface area contributed by atoms with Crippen LogP contribution >= 0.6 is 11.6 Å². The Labute approximate surface area is 125 Å². The standard InChI is InChI=1S/C13H21ClN2O3S/c1-4-19-6-5-16(3)20(17,18)13-8-12(14)7-11(9-15)10(13)2/h7-8H,4-6,9,15H2,1-3H3. The van der Waals surface area contributed by atoms with Gasteiger partial charge in [0.2, 0.25) is 10.0 Å². The smallest absolute Gasteiger partial charge is 0.243 e. The molecule has 0 aliphatic rings. The van der Waals surface area contributed by atoms with E-state index in [9.17, 15) is 8.42 Å². The Kier molecular flexibility index (Phi) is 6.42. The van der Waals surface area contributed by atoms with Gasteiger partial charge < -0.3 is 10.5 Å². The third kappa shape index (κ3) is 3.93. The average Bonchev–Trinajstić information content (AvgIpc) is 2.40. The number of nitrogens with zero attached hydrogens (tertiary/aromatic N) is 1. The number of likely N-dealkylation sites (N-methyl/N-ethyl adjacent to an activating group) is 1. The summed E-state index contributed by atoms with van der Waals surface area (Å²) in [5.74, 6) is 0. The number of nitrogens with two attached hydrogens (primary N) is 1. The summed E-state index contributed by atoms with van der Waals surface area (Å²) in [5, 5.41) is 0.368. The molecule has 0 aliphatic heterocycles. The molecule has 0 atom stereocenters. The summed E-state index contributed by atoms with van der Waals surface area (Å²) in [6.07, 6.45) is 0. The predicted molar refractivity (Wildman–Crippen MR) is 80.4 cm³/mol. The van der Waals surface area contributed by atoms with Gasteiger partial charge in [-0.2, -0.15) is 4.31 Å². The van der Waals surface area contributed by atoms with Crippen molar-refractivity contribution in [1.82, 2.24) is 4.31 Å². The normalized spacial score (nSPS) is 12.1. The molecular weight excluding hydrogens is 300 g/mol. The minimum atomic E-state index is -3.59. The van der Waals surface area contributed by atoms with Gasteiger partial charge in [-0.1, -0.05) is 11.6 Å². The Morgan fingerprint density at radius 1 is 1.40 bits per heavy atom. The Bertz CT molecular complexity index is 561. The van der Waals surface area contributed by atoms with Gasteiger partial charge in [-0.3, -0.25) is 0 Å². The molecular formula is C13H21ClN2O3S. The van der Waals surface area contributed by atoms with Gasteiger partial charge in [0.1, 0.15) is 0 Å². The molecule has 5 nitrogen and oxygen atoms in total. The maximum atomic E-state index is 12.5. The first-order valence-electron chi connectivity index (χ1n) is 6.37. The van der Waals surface area contributed by atoms with Crippen molar-refractivity contribution < 1.29 is 13.2 Å². The highest BCUT2D eigenvalue weighted by Gasteiger charge is 2.24. The van der Waals surface area contributed by atoms with Crippen LogP contribution in [0, 0.1) is 6.92 Å². The minimum Gasteiger partial charge on any atom is -0.380 e. The van der Waals surface area contributed by atoms with Gasteiger partial charge in [-0.25, -0.2) is 8.42 Å². The second kappa shape index (κ2) is 7.38. The number of hydrogen-bond acceptors (Lipinski definition) is 4. The molecule has 0 fully saturated rings. The zero-order valence-corrected chi connectivity index (χ0v) is 13.6. The summed E-state index contributed by atoms with van der Waals surface area (Å²) in [5.41, 5.74) is 6.99. The van der Waals surface area contributed by atoms with Crippen LogP contribution in [0.25, 0.3) is 0 Å². The molecule has 1 aromatic rings. The van der Waals surface area contributed by atoms with Gasteiger partial charge in [-0.15, -0.1) is 0 Å². The van der Waals surface area contributed by atoms with Gasteiger partial charge in [0, 0.05) is 31.8 Å². The summed E-state index contributed by atoms with van der Waals surface area (Å²) in [6, 6.07) is 3.15. The molecule has 0 unspecified atom stereocenters.